The van der Waals surface area contributed by atoms with Crippen molar-refractivity contribution in [2.45, 2.75) is 77.3 Å². The molecule has 1 aromatic heterocycles. The normalized spacial score (nSPS) is 22.6. The highest BCUT2D eigenvalue weighted by molar-refractivity contribution is 7.98. The molecule has 15 nitrogen and oxygen atoms in total. The van der Waals surface area contributed by atoms with Crippen molar-refractivity contribution < 1.29 is 47.7 Å². The Morgan fingerprint density at radius 1 is 0.925 bits per heavy atom. The van der Waals surface area contributed by atoms with Gasteiger partial charge in [-0.25, -0.2) is 9.98 Å². The first-order chi connectivity index (χ1) is 18.7. The van der Waals surface area contributed by atoms with Gasteiger partial charge in [0.15, 0.2) is 47.0 Å². The van der Waals surface area contributed by atoms with Crippen LogP contribution in [0.2, 0.25) is 0 Å². The van der Waals surface area contributed by atoms with E-state index in [2.05, 4.69) is 15.3 Å². The van der Waals surface area contributed by atoms with Crippen molar-refractivity contribution in [1.82, 2.24) is 9.55 Å². The molecule has 220 valence electrons. The number of aliphatic imine (C=N–C) groups is 1. The number of rotatable bonds is 10. The molecule has 0 radical (unpaired) electrons. The van der Waals surface area contributed by atoms with Gasteiger partial charge in [0.1, 0.15) is 12.7 Å². The fraction of sp³-hybridized carbons (Fsp3) is 0.583. The summed E-state index contributed by atoms with van der Waals surface area (Å²) in [4.78, 5) is 81.3. The summed E-state index contributed by atoms with van der Waals surface area (Å²) in [6.07, 6.45) is -5.19. The first kappa shape index (κ1) is 32.4. The maximum Gasteiger partial charge on any atom is 0.303 e. The number of esters is 4. The molecule has 0 aliphatic carbocycles. The standard InChI is InChI=1S/C24H32N4O11S/c1-10(11(2)29)25-17-21(27-24(40-8)28(7)23(17)34)26-22-20(38-15(6)33)19(37-14(5)32)18(36-13(4)31)16(39-22)9-35-12(3)30/h16,18-20,22,26H,9H2,1-8H3/t16-,18+,19+,20+,22+/m0/s1. The van der Waals surface area contributed by atoms with Crippen LogP contribution in [-0.2, 0) is 54.7 Å². The lowest BCUT2D eigenvalue weighted by molar-refractivity contribution is -0.247. The molecule has 1 aromatic rings. The molecule has 0 amide bonds. The Morgan fingerprint density at radius 2 is 1.48 bits per heavy atom. The van der Waals surface area contributed by atoms with Crippen LogP contribution in [0.4, 0.5) is 11.5 Å². The van der Waals surface area contributed by atoms with Gasteiger partial charge in [0.25, 0.3) is 5.56 Å². The Hall–Kier alpha value is -3.79. The Morgan fingerprint density at radius 3 is 1.98 bits per heavy atom. The minimum atomic E-state index is -1.45. The monoisotopic (exact) mass is 584 g/mol. The van der Waals surface area contributed by atoms with Crippen LogP contribution in [0.3, 0.4) is 0 Å². The molecule has 1 aliphatic rings. The molecule has 5 atom stereocenters. The molecule has 1 fully saturated rings. The molecule has 2 rings (SSSR count). The third-order valence-electron chi connectivity index (χ3n) is 5.47. The number of aromatic nitrogens is 2. The van der Waals surface area contributed by atoms with E-state index in [4.69, 9.17) is 23.7 Å². The fourth-order valence-electron chi connectivity index (χ4n) is 3.68. The summed E-state index contributed by atoms with van der Waals surface area (Å²) >= 11 is 1.15. The van der Waals surface area contributed by atoms with Crippen molar-refractivity contribution in [2.24, 2.45) is 12.0 Å². The molecule has 16 heteroatoms. The molecule has 1 saturated heterocycles. The lowest BCUT2D eigenvalue weighted by Crippen LogP contribution is -2.64. The van der Waals surface area contributed by atoms with Crippen molar-refractivity contribution in [2.75, 3.05) is 18.2 Å². The minimum Gasteiger partial charge on any atom is -0.463 e. The average molecular weight is 585 g/mol. The van der Waals surface area contributed by atoms with E-state index < -0.39 is 72.5 Å². The zero-order valence-electron chi connectivity index (χ0n) is 23.3. The van der Waals surface area contributed by atoms with E-state index in [9.17, 15) is 28.8 Å². The number of ketones is 1. The molecular weight excluding hydrogens is 552 g/mol. The highest BCUT2D eigenvalue weighted by Crippen LogP contribution is 2.32. The quantitative estimate of drug-likeness (QED) is 0.133. The van der Waals surface area contributed by atoms with E-state index in [1.54, 1.807) is 6.26 Å². The number of carbonyl (C=O) groups excluding carboxylic acids is 5. The highest BCUT2D eigenvalue weighted by Gasteiger charge is 2.52. The lowest BCUT2D eigenvalue weighted by atomic mass is 9.97. The van der Waals surface area contributed by atoms with Crippen LogP contribution in [-0.4, -0.2) is 88.4 Å². The maximum absolute atomic E-state index is 13.2. The fourth-order valence-corrected chi connectivity index (χ4v) is 4.22. The number of carbonyl (C=O) groups is 5. The van der Waals surface area contributed by atoms with Gasteiger partial charge < -0.3 is 29.0 Å². The molecule has 0 bridgehead atoms. The van der Waals surface area contributed by atoms with Gasteiger partial charge in [-0.1, -0.05) is 11.8 Å². The van der Waals surface area contributed by atoms with E-state index in [1.165, 1.54) is 25.5 Å². The van der Waals surface area contributed by atoms with Gasteiger partial charge in [-0.3, -0.25) is 33.3 Å². The highest BCUT2D eigenvalue weighted by atomic mass is 32.2. The molecule has 1 aliphatic heterocycles. The van der Waals surface area contributed by atoms with Crippen LogP contribution < -0.4 is 10.9 Å². The Labute approximate surface area is 233 Å². The van der Waals surface area contributed by atoms with E-state index in [0.29, 0.717) is 0 Å². The molecule has 0 unspecified atom stereocenters. The second-order valence-electron chi connectivity index (χ2n) is 8.68. The largest absolute Gasteiger partial charge is 0.463 e. The summed E-state index contributed by atoms with van der Waals surface area (Å²) in [5.41, 5.74) is -0.839. The van der Waals surface area contributed by atoms with Crippen molar-refractivity contribution in [3.05, 3.63) is 10.4 Å². The molecule has 1 N–H and O–H groups in total. The second-order valence-corrected chi connectivity index (χ2v) is 9.45. The molecule has 0 aromatic carbocycles. The smallest absolute Gasteiger partial charge is 0.303 e. The van der Waals surface area contributed by atoms with Crippen LogP contribution >= 0.6 is 11.8 Å². The number of nitrogens with zero attached hydrogens (tertiary/aromatic N) is 3. The minimum absolute atomic E-state index is 0.0143. The van der Waals surface area contributed by atoms with Crippen LogP contribution in [0.5, 0.6) is 0 Å². The van der Waals surface area contributed by atoms with Gasteiger partial charge in [0, 0.05) is 41.7 Å². The van der Waals surface area contributed by atoms with Crippen LogP contribution in [0.1, 0.15) is 41.5 Å². The van der Waals surface area contributed by atoms with Crippen molar-refractivity contribution in [3.63, 3.8) is 0 Å². The number of hydrogen-bond donors (Lipinski definition) is 1. The molecule has 0 saturated carbocycles. The predicted octanol–water partition coefficient (Wildman–Crippen LogP) is 0.679. The lowest BCUT2D eigenvalue weighted by Gasteiger charge is -2.44. The second kappa shape index (κ2) is 14.0. The first-order valence-corrected chi connectivity index (χ1v) is 13.2. The van der Waals surface area contributed by atoms with Gasteiger partial charge in [-0.2, -0.15) is 0 Å². The number of hydrogen-bond acceptors (Lipinski definition) is 15. The van der Waals surface area contributed by atoms with E-state index in [0.717, 1.165) is 39.5 Å². The average Bonchev–Trinajstić information content (AvgIpc) is 2.84. The third kappa shape index (κ3) is 8.35. The van der Waals surface area contributed by atoms with Crippen molar-refractivity contribution in [3.8, 4) is 0 Å². The number of nitrogens with one attached hydrogen (secondary N) is 1. The van der Waals surface area contributed by atoms with E-state index in [1.807, 2.05) is 0 Å². The number of thioether (sulfide) groups is 1. The van der Waals surface area contributed by atoms with E-state index in [-0.39, 0.29) is 22.4 Å². The van der Waals surface area contributed by atoms with Crippen LogP contribution in [0.15, 0.2) is 14.9 Å². The zero-order chi connectivity index (χ0) is 30.3. The van der Waals surface area contributed by atoms with Gasteiger partial charge >= 0.3 is 23.9 Å². The molecular formula is C24H32N4O11S. The summed E-state index contributed by atoms with van der Waals surface area (Å²) in [6.45, 7) is 6.71. The number of Topliss-reactive ketones (excluding diaryl/α,β-unsaturated/α-hetero) is 1. The molecule has 40 heavy (non-hydrogen) atoms. The van der Waals surface area contributed by atoms with Gasteiger partial charge in [0.2, 0.25) is 0 Å². The summed E-state index contributed by atoms with van der Waals surface area (Å²) < 4.78 is 28.5. The molecule has 0 spiro atoms. The van der Waals surface area contributed by atoms with Crippen molar-refractivity contribution in [1.29, 1.82) is 0 Å². The van der Waals surface area contributed by atoms with Crippen LogP contribution in [0.25, 0.3) is 0 Å². The number of ether oxygens (including phenoxy) is 5. The summed E-state index contributed by atoms with van der Waals surface area (Å²) in [6, 6.07) is 0. The summed E-state index contributed by atoms with van der Waals surface area (Å²) in [5.74, 6) is -3.59. The first-order valence-electron chi connectivity index (χ1n) is 11.9. The Balaban J connectivity index is 2.73. The summed E-state index contributed by atoms with van der Waals surface area (Å²) in [7, 11) is 1.47. The van der Waals surface area contributed by atoms with Crippen molar-refractivity contribution >= 4 is 58.6 Å². The molecule has 2 heterocycles. The summed E-state index contributed by atoms with van der Waals surface area (Å²) in [5, 5.41) is 3.12. The topological polar surface area (TPSA) is 191 Å². The SMILES string of the molecule is CSc1nc(N[C@@H]2O[C@@H](COC(C)=O)[C@@H](OC(C)=O)[C@@H](OC(C)=O)[C@H]2OC(C)=O)c(N=C(C)C(C)=O)c(=O)n1C. The maximum atomic E-state index is 13.2. The van der Waals surface area contributed by atoms with Gasteiger partial charge in [-0.05, 0) is 13.2 Å². The zero-order valence-corrected chi connectivity index (χ0v) is 24.2. The predicted molar refractivity (Wildman–Crippen MR) is 140 cm³/mol. The van der Waals surface area contributed by atoms with Gasteiger partial charge in [-0.15, -0.1) is 0 Å². The number of anilines is 1. The Bertz CT molecular complexity index is 1260. The third-order valence-corrected chi connectivity index (χ3v) is 6.20. The van der Waals surface area contributed by atoms with Crippen LogP contribution in [0, 0.1) is 0 Å². The Kier molecular flexibility index (Phi) is 11.4. The van der Waals surface area contributed by atoms with E-state index >= 15 is 0 Å². The van der Waals surface area contributed by atoms with Gasteiger partial charge in [0.05, 0.1) is 5.71 Å².